The minimum atomic E-state index is -3.60. The summed E-state index contributed by atoms with van der Waals surface area (Å²) < 4.78 is 34.4. The number of carbonyl (C=O) groups is 2. The van der Waals surface area contributed by atoms with Crippen LogP contribution in [0.3, 0.4) is 0 Å². The van der Waals surface area contributed by atoms with Crippen LogP contribution in [0.4, 0.5) is 10.5 Å². The quantitative estimate of drug-likeness (QED) is 0.329. The first-order chi connectivity index (χ1) is 19.3. The fourth-order valence-electron chi connectivity index (χ4n) is 5.28. The summed E-state index contributed by atoms with van der Waals surface area (Å²) in [4.78, 5) is 26.1. The average molecular weight is 565 g/mol. The van der Waals surface area contributed by atoms with Gasteiger partial charge in [-0.15, -0.1) is 0 Å². The summed E-state index contributed by atoms with van der Waals surface area (Å²) in [5, 5.41) is 12.4. The number of anilines is 1. The van der Waals surface area contributed by atoms with Crippen LogP contribution in [-0.2, 0) is 14.8 Å². The third kappa shape index (κ3) is 5.69. The number of amides is 3. The fraction of sp³-hybridized carbons (Fsp3) is 0.357. The Kier molecular flexibility index (Phi) is 7.22. The minimum absolute atomic E-state index is 0.00897. The number of carbonyl (C=O) groups excluding carboxylic acids is 2. The van der Waals surface area contributed by atoms with Gasteiger partial charge in [0.25, 0.3) is 0 Å². The Bertz CT molecular complexity index is 1470. The molecule has 0 spiro atoms. The second-order valence-electron chi connectivity index (χ2n) is 10.4. The summed E-state index contributed by atoms with van der Waals surface area (Å²) in [5.74, 6) is 0.647. The second kappa shape index (κ2) is 11.0. The van der Waals surface area contributed by atoms with Crippen molar-refractivity contribution in [2.75, 3.05) is 24.6 Å². The smallest absolute Gasteiger partial charge is 0.327 e. The standard InChI is InChI=1S/C28H32N6O5S/c35-26-9-6-21(30-26)17-39-23-3-1-2-22(15-23)34-16-19-14-25(31-27(19)32-28(34)36)18-4-7-24(8-5-18)40(37,38)33-20-10-12-29-13-11-20/h1-5,7-8,14-16,20-21,27,29,31,33H,6,9-13,17H2,(H,30,35)(H,32,36). The monoisotopic (exact) mass is 564 g/mol. The maximum atomic E-state index is 13.0. The lowest BCUT2D eigenvalue weighted by atomic mass is 10.1. The molecule has 2 unspecified atom stereocenters. The Balaban J connectivity index is 1.14. The lowest BCUT2D eigenvalue weighted by molar-refractivity contribution is -0.119. The van der Waals surface area contributed by atoms with Crippen LogP contribution in [-0.4, -0.2) is 58.3 Å². The van der Waals surface area contributed by atoms with Crippen LogP contribution in [0.1, 0.15) is 31.2 Å². The first kappa shape index (κ1) is 26.4. The zero-order valence-corrected chi connectivity index (χ0v) is 22.7. The van der Waals surface area contributed by atoms with Crippen LogP contribution in [0.15, 0.2) is 71.3 Å². The van der Waals surface area contributed by atoms with E-state index in [0.29, 0.717) is 24.5 Å². The molecule has 2 saturated heterocycles. The summed E-state index contributed by atoms with van der Waals surface area (Å²) in [6, 6.07) is 13.6. The fourth-order valence-corrected chi connectivity index (χ4v) is 6.59. The zero-order valence-electron chi connectivity index (χ0n) is 21.9. The molecule has 11 nitrogen and oxygen atoms in total. The SMILES string of the molecule is O=C1CCC(COc2cccc(N3C=C4C=C(c5ccc(S(=O)(=O)NC6CCNCC6)cc5)NC4NC3=O)c2)N1. The second-order valence-corrected chi connectivity index (χ2v) is 12.1. The van der Waals surface area contributed by atoms with E-state index in [-0.39, 0.29) is 28.9 Å². The Morgan fingerprint density at radius 1 is 0.975 bits per heavy atom. The van der Waals surface area contributed by atoms with E-state index in [1.165, 1.54) is 4.90 Å². The Morgan fingerprint density at radius 3 is 2.52 bits per heavy atom. The van der Waals surface area contributed by atoms with E-state index in [9.17, 15) is 18.0 Å². The largest absolute Gasteiger partial charge is 0.491 e. The van der Waals surface area contributed by atoms with Crippen molar-refractivity contribution in [3.63, 3.8) is 0 Å². The molecule has 2 fully saturated rings. The maximum Gasteiger partial charge on any atom is 0.327 e. The number of sulfonamides is 1. The molecule has 4 aliphatic rings. The minimum Gasteiger partial charge on any atom is -0.491 e. The van der Waals surface area contributed by atoms with Crippen molar-refractivity contribution < 1.29 is 22.7 Å². The Morgan fingerprint density at radius 2 is 1.77 bits per heavy atom. The molecular formula is C28H32N6O5S. The molecule has 0 aromatic heterocycles. The van der Waals surface area contributed by atoms with Crippen molar-refractivity contribution in [1.29, 1.82) is 0 Å². The topological polar surface area (TPSA) is 141 Å². The van der Waals surface area contributed by atoms with E-state index in [1.54, 1.807) is 36.5 Å². The van der Waals surface area contributed by atoms with Crippen LogP contribution in [0.2, 0.25) is 0 Å². The van der Waals surface area contributed by atoms with Gasteiger partial charge in [-0.05, 0) is 68.3 Å². The number of urea groups is 1. The third-order valence-corrected chi connectivity index (χ3v) is 9.01. The molecule has 12 heteroatoms. The number of fused-ring (bicyclic) bond motifs is 1. The van der Waals surface area contributed by atoms with Gasteiger partial charge in [0.2, 0.25) is 15.9 Å². The predicted molar refractivity (Wildman–Crippen MR) is 150 cm³/mol. The van der Waals surface area contributed by atoms with Crippen LogP contribution in [0.25, 0.3) is 5.70 Å². The number of rotatable bonds is 8. The average Bonchev–Trinajstić information content (AvgIpc) is 3.57. The van der Waals surface area contributed by atoms with Crippen molar-refractivity contribution in [2.45, 2.75) is 48.8 Å². The molecule has 0 bridgehead atoms. The molecule has 6 rings (SSSR count). The van der Waals surface area contributed by atoms with Gasteiger partial charge in [0.1, 0.15) is 18.5 Å². The summed E-state index contributed by atoms with van der Waals surface area (Å²) in [6.07, 6.45) is 6.12. The number of ether oxygens (including phenoxy) is 1. The van der Waals surface area contributed by atoms with Crippen LogP contribution in [0, 0.1) is 0 Å². The number of nitrogens with one attached hydrogen (secondary N) is 5. The number of nitrogens with zero attached hydrogens (tertiary/aromatic N) is 1. The van der Waals surface area contributed by atoms with Crippen LogP contribution in [0.5, 0.6) is 5.75 Å². The maximum absolute atomic E-state index is 13.0. The summed E-state index contributed by atoms with van der Waals surface area (Å²) in [6.45, 7) is 1.98. The molecule has 0 saturated carbocycles. The van der Waals surface area contributed by atoms with Gasteiger partial charge in [0.05, 0.1) is 16.6 Å². The first-order valence-corrected chi connectivity index (χ1v) is 15.0. The molecule has 0 aliphatic carbocycles. The highest BCUT2D eigenvalue weighted by Gasteiger charge is 2.31. The highest BCUT2D eigenvalue weighted by atomic mass is 32.2. The predicted octanol–water partition coefficient (Wildman–Crippen LogP) is 1.76. The number of piperidine rings is 1. The number of hydrogen-bond donors (Lipinski definition) is 5. The van der Waals surface area contributed by atoms with Crippen molar-refractivity contribution in [3.8, 4) is 5.75 Å². The van der Waals surface area contributed by atoms with Crippen molar-refractivity contribution >= 4 is 33.3 Å². The van der Waals surface area contributed by atoms with Crippen LogP contribution >= 0.6 is 0 Å². The lowest BCUT2D eigenvalue weighted by Gasteiger charge is -2.29. The molecule has 2 aromatic carbocycles. The van der Waals surface area contributed by atoms with Gasteiger partial charge in [-0.1, -0.05) is 18.2 Å². The highest BCUT2D eigenvalue weighted by Crippen LogP contribution is 2.30. The number of hydrogen-bond acceptors (Lipinski definition) is 7. The highest BCUT2D eigenvalue weighted by molar-refractivity contribution is 7.89. The molecule has 4 aliphatic heterocycles. The van der Waals surface area contributed by atoms with E-state index in [2.05, 4.69) is 26.0 Å². The van der Waals surface area contributed by atoms with E-state index >= 15 is 0 Å². The van der Waals surface area contributed by atoms with Gasteiger partial charge < -0.3 is 26.0 Å². The molecule has 210 valence electrons. The molecular weight excluding hydrogens is 532 g/mol. The molecule has 5 N–H and O–H groups in total. The number of benzene rings is 2. The zero-order chi connectivity index (χ0) is 27.7. The van der Waals surface area contributed by atoms with Crippen molar-refractivity contribution in [1.82, 2.24) is 26.0 Å². The lowest BCUT2D eigenvalue weighted by Crippen LogP contribution is -2.51. The van der Waals surface area contributed by atoms with E-state index in [4.69, 9.17) is 4.74 Å². The van der Waals surface area contributed by atoms with Gasteiger partial charge in [-0.3, -0.25) is 9.69 Å². The van der Waals surface area contributed by atoms with E-state index in [0.717, 1.165) is 49.2 Å². The molecule has 0 radical (unpaired) electrons. The summed E-state index contributed by atoms with van der Waals surface area (Å²) in [5.41, 5.74) is 3.10. The third-order valence-electron chi connectivity index (χ3n) is 7.48. The summed E-state index contributed by atoms with van der Waals surface area (Å²) >= 11 is 0. The van der Waals surface area contributed by atoms with Crippen LogP contribution < -0.4 is 35.6 Å². The van der Waals surface area contributed by atoms with E-state index < -0.39 is 16.2 Å². The molecule has 2 aromatic rings. The van der Waals surface area contributed by atoms with E-state index in [1.807, 2.05) is 24.3 Å². The van der Waals surface area contributed by atoms with Gasteiger partial charge in [0.15, 0.2) is 0 Å². The van der Waals surface area contributed by atoms with Gasteiger partial charge in [-0.25, -0.2) is 17.9 Å². The molecule has 4 heterocycles. The Hall–Kier alpha value is -3.87. The molecule has 40 heavy (non-hydrogen) atoms. The van der Waals surface area contributed by atoms with Gasteiger partial charge in [-0.2, -0.15) is 0 Å². The normalized spacial score (nSPS) is 23.1. The van der Waals surface area contributed by atoms with Crippen molar-refractivity contribution in [3.05, 3.63) is 71.9 Å². The van der Waals surface area contributed by atoms with Crippen molar-refractivity contribution in [2.24, 2.45) is 0 Å². The Labute approximate surface area is 233 Å². The molecule has 3 amide bonds. The van der Waals surface area contributed by atoms with Gasteiger partial charge in [0, 0.05) is 36.0 Å². The first-order valence-electron chi connectivity index (χ1n) is 13.5. The van der Waals surface area contributed by atoms with Gasteiger partial charge >= 0.3 is 6.03 Å². The molecule has 2 atom stereocenters. The summed E-state index contributed by atoms with van der Waals surface area (Å²) in [7, 11) is -3.60.